The molecule has 1 unspecified atom stereocenters. The summed E-state index contributed by atoms with van der Waals surface area (Å²) in [6.45, 7) is 0. The molecular weight excluding hydrogens is 210 g/mol. The summed E-state index contributed by atoms with van der Waals surface area (Å²) in [5, 5.41) is 0. The lowest BCUT2D eigenvalue weighted by atomic mass is 10.3. The molecule has 0 radical (unpaired) electrons. The number of para-hydroxylation sites is 1. The SMILES string of the molecule is CN(c1ccccc1)S(=O)n1ccnc1. The molecule has 0 aliphatic rings. The quantitative estimate of drug-likeness (QED) is 0.786. The van der Waals surface area contributed by atoms with E-state index in [1.165, 1.54) is 6.33 Å². The Morgan fingerprint density at radius 2 is 2.07 bits per heavy atom. The van der Waals surface area contributed by atoms with E-state index >= 15 is 0 Å². The number of aromatic nitrogens is 2. The molecule has 1 atom stereocenters. The molecule has 5 heteroatoms. The van der Waals surface area contributed by atoms with E-state index in [0.717, 1.165) is 5.69 Å². The first kappa shape index (κ1) is 9.92. The Morgan fingerprint density at radius 1 is 1.33 bits per heavy atom. The van der Waals surface area contributed by atoms with Gasteiger partial charge in [0.15, 0.2) is 0 Å². The number of anilines is 1. The third-order valence-electron chi connectivity index (χ3n) is 2.01. The second-order valence-electron chi connectivity index (χ2n) is 2.99. The second-order valence-corrected chi connectivity index (χ2v) is 4.42. The van der Waals surface area contributed by atoms with Crippen LogP contribution in [0.5, 0.6) is 0 Å². The molecule has 0 saturated carbocycles. The third kappa shape index (κ3) is 2.07. The fourth-order valence-electron chi connectivity index (χ4n) is 1.21. The molecule has 0 fully saturated rings. The maximum absolute atomic E-state index is 12.0. The van der Waals surface area contributed by atoms with Crippen LogP contribution in [0.25, 0.3) is 0 Å². The molecule has 1 aromatic heterocycles. The molecule has 2 rings (SSSR count). The highest BCUT2D eigenvalue weighted by Gasteiger charge is 2.09. The Morgan fingerprint density at radius 3 is 2.67 bits per heavy atom. The zero-order valence-corrected chi connectivity index (χ0v) is 9.09. The van der Waals surface area contributed by atoms with E-state index in [1.54, 1.807) is 27.7 Å². The van der Waals surface area contributed by atoms with Crippen molar-refractivity contribution in [2.24, 2.45) is 0 Å². The minimum absolute atomic E-state index is 0.907. The van der Waals surface area contributed by atoms with Crippen molar-refractivity contribution in [1.29, 1.82) is 0 Å². The van der Waals surface area contributed by atoms with Crippen molar-refractivity contribution in [3.05, 3.63) is 49.1 Å². The van der Waals surface area contributed by atoms with Crippen LogP contribution in [0.15, 0.2) is 49.1 Å². The molecule has 0 bridgehead atoms. The highest BCUT2D eigenvalue weighted by Crippen LogP contribution is 2.13. The molecule has 1 aromatic carbocycles. The van der Waals surface area contributed by atoms with E-state index in [1.807, 2.05) is 30.3 Å². The van der Waals surface area contributed by atoms with Gasteiger partial charge in [-0.3, -0.25) is 4.31 Å². The average Bonchev–Trinajstić information content (AvgIpc) is 2.82. The van der Waals surface area contributed by atoms with E-state index in [4.69, 9.17) is 0 Å². The van der Waals surface area contributed by atoms with Gasteiger partial charge < -0.3 is 0 Å². The largest absolute Gasteiger partial charge is 0.277 e. The van der Waals surface area contributed by atoms with E-state index in [-0.39, 0.29) is 0 Å². The van der Waals surface area contributed by atoms with Crippen molar-refractivity contribution < 1.29 is 4.21 Å². The van der Waals surface area contributed by atoms with Gasteiger partial charge in [0.05, 0.1) is 5.69 Å². The van der Waals surface area contributed by atoms with E-state index in [2.05, 4.69) is 4.98 Å². The van der Waals surface area contributed by atoms with Crippen LogP contribution in [0.1, 0.15) is 0 Å². The maximum atomic E-state index is 12.0. The van der Waals surface area contributed by atoms with Crippen LogP contribution < -0.4 is 4.31 Å². The number of hydrogen-bond acceptors (Lipinski definition) is 2. The highest BCUT2D eigenvalue weighted by atomic mass is 32.2. The van der Waals surface area contributed by atoms with Gasteiger partial charge in [-0.25, -0.2) is 13.2 Å². The van der Waals surface area contributed by atoms with Gasteiger partial charge in [0.25, 0.3) is 0 Å². The number of hydrogen-bond donors (Lipinski definition) is 0. The van der Waals surface area contributed by atoms with Crippen LogP contribution in [0.2, 0.25) is 0 Å². The van der Waals surface area contributed by atoms with Crippen molar-refractivity contribution in [3.63, 3.8) is 0 Å². The average molecular weight is 221 g/mol. The van der Waals surface area contributed by atoms with Gasteiger partial charge in [-0.05, 0) is 12.1 Å². The number of benzene rings is 1. The van der Waals surface area contributed by atoms with Crippen molar-refractivity contribution in [3.8, 4) is 0 Å². The summed E-state index contributed by atoms with van der Waals surface area (Å²) in [5.41, 5.74) is 0.907. The summed E-state index contributed by atoms with van der Waals surface area (Å²) in [4.78, 5) is 3.86. The minimum atomic E-state index is -1.26. The Bertz CT molecular complexity index is 441. The lowest BCUT2D eigenvalue weighted by Crippen LogP contribution is -2.24. The van der Waals surface area contributed by atoms with Crippen LogP contribution in [-0.4, -0.2) is 20.2 Å². The fourth-order valence-corrected chi connectivity index (χ4v) is 2.09. The number of rotatable bonds is 3. The number of imidazole rings is 1. The van der Waals surface area contributed by atoms with Gasteiger partial charge in [-0.15, -0.1) is 0 Å². The summed E-state index contributed by atoms with van der Waals surface area (Å²) < 4.78 is 15.2. The predicted octanol–water partition coefficient (Wildman–Crippen LogP) is 1.45. The van der Waals surface area contributed by atoms with Gasteiger partial charge >= 0.3 is 0 Å². The maximum Gasteiger partial charge on any atom is 0.230 e. The van der Waals surface area contributed by atoms with E-state index < -0.39 is 11.2 Å². The summed E-state index contributed by atoms with van der Waals surface area (Å²) >= 11 is -1.26. The van der Waals surface area contributed by atoms with Crippen LogP contribution >= 0.6 is 0 Å². The topological polar surface area (TPSA) is 38.1 Å². The van der Waals surface area contributed by atoms with Gasteiger partial charge in [0.1, 0.15) is 6.33 Å². The normalized spacial score (nSPS) is 12.3. The summed E-state index contributed by atoms with van der Waals surface area (Å²) in [5.74, 6) is 0. The first-order chi connectivity index (χ1) is 7.29. The molecule has 0 spiro atoms. The molecule has 78 valence electrons. The standard InChI is InChI=1S/C10H11N3OS/c1-12(10-5-3-2-4-6-10)15(14)13-8-7-11-9-13/h2-9H,1H3. The van der Waals surface area contributed by atoms with Crippen LogP contribution in [0, 0.1) is 0 Å². The minimum Gasteiger partial charge on any atom is -0.277 e. The van der Waals surface area contributed by atoms with Gasteiger partial charge in [-0.2, -0.15) is 0 Å². The lowest BCUT2D eigenvalue weighted by molar-refractivity contribution is 0.676. The molecule has 0 aliphatic heterocycles. The first-order valence-corrected chi connectivity index (χ1v) is 5.54. The Kier molecular flexibility index (Phi) is 2.82. The monoisotopic (exact) mass is 221 g/mol. The number of nitrogens with zero attached hydrogens (tertiary/aromatic N) is 3. The fraction of sp³-hybridized carbons (Fsp3) is 0.100. The molecule has 0 amide bonds. The van der Waals surface area contributed by atoms with Gasteiger partial charge in [0.2, 0.25) is 11.2 Å². The lowest BCUT2D eigenvalue weighted by Gasteiger charge is -2.17. The van der Waals surface area contributed by atoms with Crippen molar-refractivity contribution >= 4 is 16.9 Å². The van der Waals surface area contributed by atoms with E-state index in [0.29, 0.717) is 0 Å². The third-order valence-corrected chi connectivity index (χ3v) is 3.27. The van der Waals surface area contributed by atoms with Crippen molar-refractivity contribution in [2.45, 2.75) is 0 Å². The molecule has 4 nitrogen and oxygen atoms in total. The van der Waals surface area contributed by atoms with Gasteiger partial charge in [0, 0.05) is 19.4 Å². The zero-order valence-electron chi connectivity index (χ0n) is 8.28. The molecule has 15 heavy (non-hydrogen) atoms. The zero-order chi connectivity index (χ0) is 10.7. The smallest absolute Gasteiger partial charge is 0.230 e. The van der Waals surface area contributed by atoms with E-state index in [9.17, 15) is 4.21 Å². The Balaban J connectivity index is 2.23. The van der Waals surface area contributed by atoms with Crippen LogP contribution in [0.4, 0.5) is 5.69 Å². The Labute approximate surface area is 90.9 Å². The molecule has 0 saturated heterocycles. The predicted molar refractivity (Wildman–Crippen MR) is 60.6 cm³/mol. The van der Waals surface area contributed by atoms with Crippen LogP contribution in [-0.2, 0) is 11.2 Å². The van der Waals surface area contributed by atoms with Crippen molar-refractivity contribution in [2.75, 3.05) is 11.4 Å². The molecular formula is C10H11N3OS. The molecule has 2 aromatic rings. The first-order valence-electron chi connectivity index (χ1n) is 4.48. The summed E-state index contributed by atoms with van der Waals surface area (Å²) in [6.07, 6.45) is 4.82. The summed E-state index contributed by atoms with van der Waals surface area (Å²) in [7, 11) is 1.78. The molecule has 0 aliphatic carbocycles. The highest BCUT2D eigenvalue weighted by molar-refractivity contribution is 7.84. The molecule has 1 heterocycles. The van der Waals surface area contributed by atoms with Crippen LogP contribution in [0.3, 0.4) is 0 Å². The van der Waals surface area contributed by atoms with Gasteiger partial charge in [-0.1, -0.05) is 18.2 Å². The summed E-state index contributed by atoms with van der Waals surface area (Å²) in [6, 6.07) is 9.58. The Hall–Kier alpha value is -1.62. The van der Waals surface area contributed by atoms with Crippen molar-refractivity contribution in [1.82, 2.24) is 8.96 Å². The second kappa shape index (κ2) is 4.27. The molecule has 0 N–H and O–H groups in total.